The van der Waals surface area contributed by atoms with E-state index in [4.69, 9.17) is 21.1 Å². The summed E-state index contributed by atoms with van der Waals surface area (Å²) in [5, 5.41) is 20.5. The van der Waals surface area contributed by atoms with Crippen LogP contribution in [0, 0.1) is 0 Å². The van der Waals surface area contributed by atoms with Gasteiger partial charge in [-0.25, -0.2) is 4.79 Å². The van der Waals surface area contributed by atoms with Gasteiger partial charge in [-0.3, -0.25) is 4.79 Å². The number of carboxylic acid groups (broad SMARTS) is 1. The van der Waals surface area contributed by atoms with Gasteiger partial charge >= 0.3 is 5.97 Å². The van der Waals surface area contributed by atoms with E-state index in [-0.39, 0.29) is 31.8 Å². The van der Waals surface area contributed by atoms with Crippen LogP contribution >= 0.6 is 11.6 Å². The van der Waals surface area contributed by atoms with Gasteiger partial charge in [-0.05, 0) is 48.4 Å². The van der Waals surface area contributed by atoms with Crippen LogP contribution < -0.4 is 4.74 Å². The minimum absolute atomic E-state index is 0.0677. The predicted octanol–water partition coefficient (Wildman–Crippen LogP) is 5.32. The van der Waals surface area contributed by atoms with Gasteiger partial charge in [-0.1, -0.05) is 78.3 Å². The molecule has 7 nitrogen and oxygen atoms in total. The second-order valence-electron chi connectivity index (χ2n) is 10.2. The Morgan fingerprint density at radius 2 is 1.62 bits per heavy atom. The van der Waals surface area contributed by atoms with Crippen molar-refractivity contribution >= 4 is 23.5 Å². The van der Waals surface area contributed by atoms with Gasteiger partial charge in [-0.2, -0.15) is 0 Å². The normalized spacial score (nSPS) is 21.6. The highest BCUT2D eigenvalue weighted by atomic mass is 35.5. The second kappa shape index (κ2) is 12.2. The molecule has 1 aliphatic heterocycles. The molecule has 2 N–H and O–H groups in total. The molecule has 5 rings (SSSR count). The fourth-order valence-corrected chi connectivity index (χ4v) is 5.61. The highest BCUT2D eigenvalue weighted by Crippen LogP contribution is 2.39. The van der Waals surface area contributed by atoms with E-state index in [2.05, 4.69) is 0 Å². The van der Waals surface area contributed by atoms with Crippen LogP contribution in [0.15, 0.2) is 72.8 Å². The number of nitrogens with zero attached hydrogens (tertiary/aromatic N) is 1. The fourth-order valence-electron chi connectivity index (χ4n) is 5.38. The highest BCUT2D eigenvalue weighted by Gasteiger charge is 2.40. The van der Waals surface area contributed by atoms with Crippen molar-refractivity contribution in [3.63, 3.8) is 0 Å². The van der Waals surface area contributed by atoms with Crippen LogP contribution in [0.5, 0.6) is 5.75 Å². The summed E-state index contributed by atoms with van der Waals surface area (Å²) in [5.74, 6) is -1.05. The van der Waals surface area contributed by atoms with E-state index >= 15 is 0 Å². The lowest BCUT2D eigenvalue weighted by atomic mass is 9.91. The number of aliphatic hydroxyl groups excluding tert-OH is 1. The minimum Gasteiger partial charge on any atom is -0.487 e. The Bertz CT molecular complexity index is 1290. The molecule has 0 radical (unpaired) electrons. The Hall–Kier alpha value is -3.39. The van der Waals surface area contributed by atoms with Crippen LogP contribution in [-0.4, -0.2) is 45.2 Å². The molecule has 2 unspecified atom stereocenters. The predicted molar refractivity (Wildman–Crippen MR) is 146 cm³/mol. The van der Waals surface area contributed by atoms with Crippen molar-refractivity contribution in [2.24, 2.45) is 0 Å². The van der Waals surface area contributed by atoms with Crippen molar-refractivity contribution in [1.29, 1.82) is 0 Å². The number of carbonyl (C=O) groups excluding carboxylic acids is 1. The molecule has 8 heteroatoms. The summed E-state index contributed by atoms with van der Waals surface area (Å²) in [6.45, 7) is 0.386. The average Bonchev–Trinajstić information content (AvgIpc) is 2.96. The number of hydrogen-bond donors (Lipinski definition) is 2. The first-order valence-corrected chi connectivity index (χ1v) is 13.7. The van der Waals surface area contributed by atoms with Gasteiger partial charge in [-0.15, -0.1) is 0 Å². The molecule has 2 aliphatic rings. The molecular weight excluding hydrogens is 518 g/mol. The van der Waals surface area contributed by atoms with Gasteiger partial charge in [0.05, 0.1) is 17.2 Å². The van der Waals surface area contributed by atoms with Crippen LogP contribution in [0.3, 0.4) is 0 Å². The topological polar surface area (TPSA) is 96.3 Å². The van der Waals surface area contributed by atoms with Crippen molar-refractivity contribution in [3.05, 3.63) is 100 Å². The lowest BCUT2D eigenvalue weighted by Crippen LogP contribution is -2.51. The molecule has 204 valence electrons. The second-order valence-corrected chi connectivity index (χ2v) is 10.6. The number of aliphatic hydroxyl groups is 1. The first kappa shape index (κ1) is 27.2. The van der Waals surface area contributed by atoms with Gasteiger partial charge in [0.25, 0.3) is 5.91 Å². The van der Waals surface area contributed by atoms with Crippen LogP contribution in [0.1, 0.15) is 54.0 Å². The Morgan fingerprint density at radius 1 is 0.949 bits per heavy atom. The third kappa shape index (κ3) is 6.27. The zero-order chi connectivity index (χ0) is 27.4. The monoisotopic (exact) mass is 549 g/mol. The Balaban J connectivity index is 1.43. The number of ether oxygens (including phenoxy) is 2. The summed E-state index contributed by atoms with van der Waals surface area (Å²) >= 11 is 6.51. The molecule has 2 atom stereocenters. The number of benzene rings is 3. The number of amides is 1. The van der Waals surface area contributed by atoms with Crippen LogP contribution in [-0.2, 0) is 33.9 Å². The number of halogens is 1. The number of rotatable bonds is 8. The molecule has 0 aromatic heterocycles. The lowest BCUT2D eigenvalue weighted by Gasteiger charge is -2.38. The quantitative estimate of drug-likeness (QED) is 0.395. The molecule has 0 bridgehead atoms. The summed E-state index contributed by atoms with van der Waals surface area (Å²) in [6, 6.07) is 21.3. The number of aliphatic carboxylic acids is 1. The molecular formula is C31H32ClNO6. The van der Waals surface area contributed by atoms with Gasteiger partial charge < -0.3 is 24.6 Å². The maximum absolute atomic E-state index is 14.1. The van der Waals surface area contributed by atoms with Crippen molar-refractivity contribution in [3.8, 4) is 5.75 Å². The van der Waals surface area contributed by atoms with E-state index < -0.39 is 24.0 Å². The molecule has 0 spiro atoms. The van der Waals surface area contributed by atoms with Crippen molar-refractivity contribution in [1.82, 2.24) is 4.90 Å². The first-order chi connectivity index (χ1) is 18.9. The SMILES string of the molecule is O=C(O)C1Cc2c(ccc(Cl)c2OCc2ccccc2)CN1C(=O)C(OC1CCC(O)CC1)c1ccccc1. The molecule has 1 aliphatic carbocycles. The maximum Gasteiger partial charge on any atom is 0.326 e. The number of hydrogen-bond acceptors (Lipinski definition) is 5. The van der Waals surface area contributed by atoms with Crippen LogP contribution in [0.25, 0.3) is 0 Å². The molecule has 1 heterocycles. The van der Waals surface area contributed by atoms with E-state index in [9.17, 15) is 19.8 Å². The third-order valence-electron chi connectivity index (χ3n) is 7.52. The average molecular weight is 550 g/mol. The van der Waals surface area contributed by atoms with Gasteiger partial charge in [0.2, 0.25) is 0 Å². The zero-order valence-corrected chi connectivity index (χ0v) is 22.3. The van der Waals surface area contributed by atoms with E-state index in [1.54, 1.807) is 6.07 Å². The lowest BCUT2D eigenvalue weighted by molar-refractivity contribution is -0.161. The summed E-state index contributed by atoms with van der Waals surface area (Å²) in [4.78, 5) is 28.0. The fraction of sp³-hybridized carbons (Fsp3) is 0.355. The van der Waals surface area contributed by atoms with E-state index in [0.29, 0.717) is 47.6 Å². The summed E-state index contributed by atoms with van der Waals surface area (Å²) in [5.41, 5.74) is 3.13. The highest BCUT2D eigenvalue weighted by molar-refractivity contribution is 6.32. The number of carbonyl (C=O) groups is 2. The molecule has 3 aromatic carbocycles. The summed E-state index contributed by atoms with van der Waals surface area (Å²) < 4.78 is 12.4. The smallest absolute Gasteiger partial charge is 0.326 e. The van der Waals surface area contributed by atoms with E-state index in [0.717, 1.165) is 11.1 Å². The number of carboxylic acids is 1. The minimum atomic E-state index is -1.11. The van der Waals surface area contributed by atoms with E-state index in [1.807, 2.05) is 66.7 Å². The Morgan fingerprint density at radius 3 is 2.28 bits per heavy atom. The van der Waals surface area contributed by atoms with Gasteiger partial charge in [0.1, 0.15) is 18.4 Å². The van der Waals surface area contributed by atoms with Crippen molar-refractivity contribution < 1.29 is 29.3 Å². The van der Waals surface area contributed by atoms with E-state index in [1.165, 1.54) is 4.90 Å². The molecule has 1 amide bonds. The van der Waals surface area contributed by atoms with Gasteiger partial charge in [0.15, 0.2) is 6.10 Å². The zero-order valence-electron chi connectivity index (χ0n) is 21.5. The molecule has 3 aromatic rings. The first-order valence-electron chi connectivity index (χ1n) is 13.3. The van der Waals surface area contributed by atoms with Crippen molar-refractivity contribution in [2.75, 3.05) is 0 Å². The largest absolute Gasteiger partial charge is 0.487 e. The maximum atomic E-state index is 14.1. The Kier molecular flexibility index (Phi) is 8.50. The molecule has 1 fully saturated rings. The van der Waals surface area contributed by atoms with Gasteiger partial charge in [0, 0.05) is 18.5 Å². The van der Waals surface area contributed by atoms with Crippen LogP contribution in [0.4, 0.5) is 0 Å². The Labute approximate surface area is 232 Å². The molecule has 1 saturated carbocycles. The van der Waals surface area contributed by atoms with Crippen LogP contribution in [0.2, 0.25) is 5.02 Å². The standard InChI is InChI=1S/C31H32ClNO6/c32-26-16-11-22-18-33(27(31(36)37)17-25(22)29(26)38-19-20-7-3-1-4-8-20)30(35)28(21-9-5-2-6-10-21)39-24-14-12-23(34)13-15-24/h1-11,16,23-24,27-28,34H,12-15,17-19H2,(H,36,37). The third-order valence-corrected chi connectivity index (χ3v) is 7.81. The summed E-state index contributed by atoms with van der Waals surface area (Å²) in [7, 11) is 0. The molecule has 0 saturated heterocycles. The number of fused-ring (bicyclic) bond motifs is 1. The summed E-state index contributed by atoms with van der Waals surface area (Å²) in [6.07, 6.45) is 1.08. The molecule has 39 heavy (non-hydrogen) atoms. The van der Waals surface area contributed by atoms with Crippen molar-refractivity contribution in [2.45, 2.75) is 69.6 Å².